The molecule has 0 fully saturated rings. The molecule has 0 saturated carbocycles. The maximum Gasteiger partial charge on any atom is 0.365 e. The van der Waals surface area contributed by atoms with E-state index in [1.165, 1.54) is 6.20 Å². The van der Waals surface area contributed by atoms with Crippen LogP contribution in [0.25, 0.3) is 4.98 Å². The summed E-state index contributed by atoms with van der Waals surface area (Å²) in [5.41, 5.74) is -0.117. The van der Waals surface area contributed by atoms with Crippen LogP contribution in [0.3, 0.4) is 0 Å². The first-order valence-electron chi connectivity index (χ1n) is 2.69. The van der Waals surface area contributed by atoms with Crippen molar-refractivity contribution in [1.29, 1.82) is 5.39 Å². The summed E-state index contributed by atoms with van der Waals surface area (Å²) >= 11 is 5.66. The lowest BCUT2D eigenvalue weighted by atomic mass is 9.97. The third-order valence-corrected chi connectivity index (χ3v) is 1.55. The van der Waals surface area contributed by atoms with Crippen LogP contribution in [0.5, 0.6) is 0 Å². The van der Waals surface area contributed by atoms with E-state index in [1.54, 1.807) is 0 Å². The molecule has 0 aromatic heterocycles. The molecule has 0 heterocycles. The lowest BCUT2D eigenvalue weighted by Gasteiger charge is -2.12. The van der Waals surface area contributed by atoms with Gasteiger partial charge < -0.3 is 0 Å². The zero-order valence-electron chi connectivity index (χ0n) is 5.85. The molecule has 0 amide bonds. The van der Waals surface area contributed by atoms with E-state index in [9.17, 15) is 0 Å². The summed E-state index contributed by atoms with van der Waals surface area (Å²) in [6, 6.07) is 0. The highest BCUT2D eigenvalue weighted by Crippen LogP contribution is 2.27. The first-order valence-corrected chi connectivity index (χ1v) is 3.06. The van der Waals surface area contributed by atoms with Gasteiger partial charge in [-0.15, -0.1) is 0 Å². The molecule has 50 valence electrons. The fraction of sp³-hybridized carbons (Fsp3) is 0.667. The molecule has 0 atom stereocenters. The Balaban J connectivity index is 4.25. The molecule has 0 aliphatic carbocycles. The van der Waals surface area contributed by atoms with Crippen molar-refractivity contribution < 1.29 is 0 Å². The monoisotopic (exact) mass is 145 g/mol. The van der Waals surface area contributed by atoms with Crippen molar-refractivity contribution in [1.82, 2.24) is 0 Å². The minimum Gasteiger partial charge on any atom is -0.0805 e. The molecular weight excluding hydrogens is 136 g/mol. The molecule has 0 bridgehead atoms. The van der Waals surface area contributed by atoms with Gasteiger partial charge in [-0.05, 0) is 0 Å². The highest BCUT2D eigenvalue weighted by molar-refractivity contribution is 6.30. The largest absolute Gasteiger partial charge is 0.365 e. The number of rotatable bonds is 0. The molecule has 0 aromatic carbocycles. The topological polar surface area (TPSA) is 28.1 Å². The Kier molecular flexibility index (Phi) is 2.66. The van der Waals surface area contributed by atoms with Crippen LogP contribution in [0.2, 0.25) is 0 Å². The molecule has 0 spiro atoms. The smallest absolute Gasteiger partial charge is 0.0805 e. The van der Waals surface area contributed by atoms with Crippen LogP contribution >= 0.6 is 11.6 Å². The van der Waals surface area contributed by atoms with Gasteiger partial charge in [0.2, 0.25) is 5.39 Å². The summed E-state index contributed by atoms with van der Waals surface area (Å²) in [6.45, 7) is 5.82. The van der Waals surface area contributed by atoms with E-state index in [-0.39, 0.29) is 5.41 Å². The maximum absolute atomic E-state index is 8.06. The Labute approximate surface area is 60.1 Å². The fourth-order valence-corrected chi connectivity index (χ4v) is 0.288. The molecule has 0 aliphatic rings. The Morgan fingerprint density at radius 3 is 2.11 bits per heavy atom. The average Bonchev–Trinajstić information content (AvgIpc) is 1.64. The van der Waals surface area contributed by atoms with Crippen LogP contribution in [-0.2, 0) is 0 Å². The average molecular weight is 146 g/mol. The molecule has 0 saturated heterocycles. The van der Waals surface area contributed by atoms with Crippen molar-refractivity contribution in [2.24, 2.45) is 5.41 Å². The zero-order valence-corrected chi connectivity index (χ0v) is 6.61. The second-order valence-electron chi connectivity index (χ2n) is 2.84. The van der Waals surface area contributed by atoms with Gasteiger partial charge in [0.15, 0.2) is 4.98 Å². The number of nitrogens with zero attached hydrogens (tertiary/aromatic N) is 2. The van der Waals surface area contributed by atoms with E-state index >= 15 is 0 Å². The number of hydrogen-bond acceptors (Lipinski definition) is 1. The second-order valence-corrected chi connectivity index (χ2v) is 3.25. The lowest BCUT2D eigenvalue weighted by molar-refractivity contribution is 0.530. The molecule has 0 N–H and O–H groups in total. The molecule has 9 heavy (non-hydrogen) atoms. The first kappa shape index (κ1) is 8.45. The van der Waals surface area contributed by atoms with Gasteiger partial charge in [-0.1, -0.05) is 32.4 Å². The SMILES string of the molecule is CC(C)(C)/C(Cl)=C\[N+]#N. The van der Waals surface area contributed by atoms with Crippen LogP contribution in [0, 0.1) is 10.8 Å². The second kappa shape index (κ2) is 2.84. The van der Waals surface area contributed by atoms with Crippen molar-refractivity contribution >= 4 is 11.6 Å². The van der Waals surface area contributed by atoms with Gasteiger partial charge >= 0.3 is 6.20 Å². The normalized spacial score (nSPS) is 13.0. The van der Waals surface area contributed by atoms with Crippen LogP contribution in [0.15, 0.2) is 11.2 Å². The third-order valence-electron chi connectivity index (χ3n) is 0.888. The maximum atomic E-state index is 8.06. The minimum absolute atomic E-state index is 0.117. The Morgan fingerprint density at radius 1 is 1.56 bits per heavy atom. The van der Waals surface area contributed by atoms with Crippen LogP contribution in [-0.4, -0.2) is 0 Å². The summed E-state index contributed by atoms with van der Waals surface area (Å²) in [4.78, 5) is 2.81. The quantitative estimate of drug-likeness (QED) is 0.482. The summed E-state index contributed by atoms with van der Waals surface area (Å²) in [6.07, 6.45) is 1.24. The lowest BCUT2D eigenvalue weighted by Crippen LogP contribution is -2.03. The van der Waals surface area contributed by atoms with E-state index < -0.39 is 0 Å². The molecule has 0 unspecified atom stereocenters. The Hall–Kier alpha value is -0.550. The fourth-order valence-electron chi connectivity index (χ4n) is 0.244. The van der Waals surface area contributed by atoms with Gasteiger partial charge in [-0.3, -0.25) is 0 Å². The predicted octanol–water partition coefficient (Wildman–Crippen LogP) is 2.97. The Morgan fingerprint density at radius 2 is 2.00 bits per heavy atom. The van der Waals surface area contributed by atoms with Crippen molar-refractivity contribution in [3.8, 4) is 0 Å². The molecule has 0 radical (unpaired) electrons. The van der Waals surface area contributed by atoms with Crippen molar-refractivity contribution in [3.63, 3.8) is 0 Å². The van der Waals surface area contributed by atoms with Crippen LogP contribution < -0.4 is 0 Å². The number of hydrogen-bond donors (Lipinski definition) is 0. The van der Waals surface area contributed by atoms with Gasteiger partial charge in [-0.25, -0.2) is 0 Å². The summed E-state index contributed by atoms with van der Waals surface area (Å²) in [7, 11) is 0. The summed E-state index contributed by atoms with van der Waals surface area (Å²) < 4.78 is 0. The molecule has 0 aromatic rings. The van der Waals surface area contributed by atoms with Gasteiger partial charge in [0, 0.05) is 5.41 Å². The van der Waals surface area contributed by atoms with Crippen LogP contribution in [0.4, 0.5) is 0 Å². The highest BCUT2D eigenvalue weighted by Gasteiger charge is 2.18. The van der Waals surface area contributed by atoms with E-state index in [2.05, 4.69) is 4.98 Å². The van der Waals surface area contributed by atoms with Crippen molar-refractivity contribution in [2.45, 2.75) is 20.8 Å². The summed E-state index contributed by atoms with van der Waals surface area (Å²) in [5.74, 6) is 0. The molecule has 3 heteroatoms. The standard InChI is InChI=1S/C6H10ClN2/c1-6(2,3)5(7)4-9-8/h4H,1-3H3/q+1/b5-4+. The number of diazo groups is 1. The summed E-state index contributed by atoms with van der Waals surface area (Å²) in [5, 5.41) is 8.61. The molecule has 0 rings (SSSR count). The van der Waals surface area contributed by atoms with Gasteiger partial charge in [0.05, 0.1) is 0 Å². The van der Waals surface area contributed by atoms with E-state index in [0.717, 1.165) is 0 Å². The van der Waals surface area contributed by atoms with Gasteiger partial charge in [0.1, 0.15) is 5.03 Å². The number of allylic oxidation sites excluding steroid dienone is 1. The number of halogens is 1. The molecule has 0 aliphatic heterocycles. The van der Waals surface area contributed by atoms with E-state index in [4.69, 9.17) is 17.0 Å². The third kappa shape index (κ3) is 3.10. The first-order chi connectivity index (χ1) is 3.98. The Bertz CT molecular complexity index is 159. The molecular formula is C6H10ClN2+. The van der Waals surface area contributed by atoms with Crippen LogP contribution in [0.1, 0.15) is 20.8 Å². The van der Waals surface area contributed by atoms with Crippen molar-refractivity contribution in [3.05, 3.63) is 16.2 Å². The van der Waals surface area contributed by atoms with E-state index in [1.807, 2.05) is 20.8 Å². The predicted molar refractivity (Wildman–Crippen MR) is 38.5 cm³/mol. The zero-order chi connectivity index (χ0) is 7.49. The minimum atomic E-state index is -0.117. The van der Waals surface area contributed by atoms with E-state index in [0.29, 0.717) is 5.03 Å². The highest BCUT2D eigenvalue weighted by atomic mass is 35.5. The van der Waals surface area contributed by atoms with Crippen molar-refractivity contribution in [2.75, 3.05) is 0 Å². The molecule has 2 nitrogen and oxygen atoms in total. The van der Waals surface area contributed by atoms with Gasteiger partial charge in [-0.2, -0.15) is 0 Å². The van der Waals surface area contributed by atoms with Gasteiger partial charge in [0.25, 0.3) is 0 Å².